The minimum Gasteiger partial charge on any atom is -0.495 e. The molecule has 0 aliphatic rings. The third kappa shape index (κ3) is 5.24. The van der Waals surface area contributed by atoms with Crippen molar-refractivity contribution < 1.29 is 14.3 Å². The Labute approximate surface area is 186 Å². The molecule has 0 fully saturated rings. The van der Waals surface area contributed by atoms with Gasteiger partial charge in [-0.2, -0.15) is 0 Å². The molecular formula is C19H17Cl2N5O3S. The van der Waals surface area contributed by atoms with Gasteiger partial charge in [-0.05, 0) is 30.3 Å². The zero-order valence-corrected chi connectivity index (χ0v) is 18.1. The lowest BCUT2D eigenvalue weighted by molar-refractivity contribution is -0.119. The van der Waals surface area contributed by atoms with Gasteiger partial charge in [0.1, 0.15) is 5.75 Å². The molecule has 3 N–H and O–H groups in total. The minimum atomic E-state index is -0.889. The molecule has 3 rings (SSSR count). The Bertz CT molecular complexity index is 1090. The predicted octanol–water partition coefficient (Wildman–Crippen LogP) is 3.93. The number of imide groups is 1. The molecule has 0 saturated heterocycles. The van der Waals surface area contributed by atoms with Gasteiger partial charge in [0.15, 0.2) is 11.0 Å². The lowest BCUT2D eigenvalue weighted by atomic mass is 10.2. The van der Waals surface area contributed by atoms with E-state index >= 15 is 0 Å². The smallest absolute Gasteiger partial charge is 0.318 e. The van der Waals surface area contributed by atoms with E-state index in [0.29, 0.717) is 38.2 Å². The molecule has 3 aromatic rings. The van der Waals surface area contributed by atoms with Gasteiger partial charge in [0.25, 0.3) is 0 Å². The fourth-order valence-electron chi connectivity index (χ4n) is 2.67. The second kappa shape index (κ2) is 9.84. The average molecular weight is 466 g/mol. The number of nitrogens with two attached hydrogens (primary N) is 1. The average Bonchev–Trinajstić information content (AvgIpc) is 3.11. The maximum absolute atomic E-state index is 11.7. The van der Waals surface area contributed by atoms with E-state index in [1.54, 1.807) is 42.0 Å². The van der Waals surface area contributed by atoms with Crippen LogP contribution in [0.3, 0.4) is 0 Å². The van der Waals surface area contributed by atoms with Crippen molar-refractivity contribution in [2.45, 2.75) is 11.6 Å². The van der Waals surface area contributed by atoms with Gasteiger partial charge >= 0.3 is 6.03 Å². The highest BCUT2D eigenvalue weighted by atomic mass is 35.5. The molecule has 0 aliphatic heterocycles. The standard InChI is InChI=1S/C19H17Cl2N5O3S/c1-29-15-6-5-13(21)10-14(15)26-17(11-3-2-4-12(20)9-11)24-25-19(26)30-8-7-16(27)23-18(22)28/h2-6,9-10H,7-8H2,1H3,(H3,22,23,27,28). The van der Waals surface area contributed by atoms with Gasteiger partial charge in [0.05, 0.1) is 12.8 Å². The van der Waals surface area contributed by atoms with Crippen LogP contribution in [-0.4, -0.2) is 39.6 Å². The summed E-state index contributed by atoms with van der Waals surface area (Å²) in [6.45, 7) is 0. The molecule has 1 heterocycles. The monoisotopic (exact) mass is 465 g/mol. The predicted molar refractivity (Wildman–Crippen MR) is 116 cm³/mol. The number of carbonyl (C=O) groups excluding carboxylic acids is 2. The molecule has 0 aliphatic carbocycles. The summed E-state index contributed by atoms with van der Waals surface area (Å²) < 4.78 is 7.28. The molecule has 2 aromatic carbocycles. The second-order valence-corrected chi connectivity index (χ2v) is 7.91. The number of benzene rings is 2. The molecule has 156 valence electrons. The fraction of sp³-hybridized carbons (Fsp3) is 0.158. The summed E-state index contributed by atoms with van der Waals surface area (Å²) in [5.74, 6) is 0.963. The van der Waals surface area contributed by atoms with Crippen LogP contribution >= 0.6 is 35.0 Å². The Balaban J connectivity index is 2.01. The molecule has 3 amide bonds. The lowest BCUT2D eigenvalue weighted by Gasteiger charge is -2.14. The molecule has 0 spiro atoms. The largest absolute Gasteiger partial charge is 0.495 e. The summed E-state index contributed by atoms with van der Waals surface area (Å²) >= 11 is 13.7. The quantitative estimate of drug-likeness (QED) is 0.511. The molecule has 1 aromatic heterocycles. The number of methoxy groups -OCH3 is 1. The third-order valence-electron chi connectivity index (χ3n) is 3.92. The summed E-state index contributed by atoms with van der Waals surface area (Å²) in [7, 11) is 1.55. The summed E-state index contributed by atoms with van der Waals surface area (Å²) in [4.78, 5) is 22.5. The van der Waals surface area contributed by atoms with Gasteiger partial charge in [0, 0.05) is 27.8 Å². The molecule has 0 unspecified atom stereocenters. The molecular weight excluding hydrogens is 449 g/mol. The van der Waals surface area contributed by atoms with Crippen molar-refractivity contribution in [3.05, 3.63) is 52.5 Å². The number of halogens is 2. The normalized spacial score (nSPS) is 10.6. The number of aromatic nitrogens is 3. The number of carbonyl (C=O) groups is 2. The highest BCUT2D eigenvalue weighted by Gasteiger charge is 2.20. The van der Waals surface area contributed by atoms with Crippen molar-refractivity contribution in [3.63, 3.8) is 0 Å². The van der Waals surface area contributed by atoms with Crippen molar-refractivity contribution in [1.29, 1.82) is 0 Å². The highest BCUT2D eigenvalue weighted by Crippen LogP contribution is 2.34. The van der Waals surface area contributed by atoms with Crippen molar-refractivity contribution in [2.75, 3.05) is 12.9 Å². The van der Waals surface area contributed by atoms with E-state index in [9.17, 15) is 9.59 Å². The van der Waals surface area contributed by atoms with Crippen LogP contribution < -0.4 is 15.8 Å². The number of primary amides is 1. The van der Waals surface area contributed by atoms with E-state index in [1.807, 2.05) is 17.4 Å². The molecule has 0 atom stereocenters. The SMILES string of the molecule is COc1ccc(Cl)cc1-n1c(SCCC(=O)NC(N)=O)nnc1-c1cccc(Cl)c1. The van der Waals surface area contributed by atoms with Crippen LogP contribution in [0.15, 0.2) is 47.6 Å². The number of nitrogens with one attached hydrogen (secondary N) is 1. The van der Waals surface area contributed by atoms with Crippen LogP contribution in [-0.2, 0) is 4.79 Å². The zero-order valence-electron chi connectivity index (χ0n) is 15.8. The van der Waals surface area contributed by atoms with Gasteiger partial charge in [0.2, 0.25) is 5.91 Å². The Morgan fingerprint density at radius 1 is 1.17 bits per heavy atom. The van der Waals surface area contributed by atoms with Crippen molar-refractivity contribution in [1.82, 2.24) is 20.1 Å². The number of thioether (sulfide) groups is 1. The van der Waals surface area contributed by atoms with E-state index in [1.165, 1.54) is 11.8 Å². The van der Waals surface area contributed by atoms with Crippen LogP contribution in [0.2, 0.25) is 10.0 Å². The van der Waals surface area contributed by atoms with Gasteiger partial charge in [-0.3, -0.25) is 14.7 Å². The second-order valence-electron chi connectivity index (χ2n) is 5.98. The van der Waals surface area contributed by atoms with Crippen LogP contribution in [0.25, 0.3) is 17.1 Å². The van der Waals surface area contributed by atoms with Gasteiger partial charge < -0.3 is 10.5 Å². The van der Waals surface area contributed by atoms with Crippen molar-refractivity contribution in [3.8, 4) is 22.8 Å². The number of ether oxygens (including phenoxy) is 1. The van der Waals surface area contributed by atoms with Gasteiger partial charge in [-0.15, -0.1) is 10.2 Å². The molecule has 0 saturated carbocycles. The van der Waals surface area contributed by atoms with E-state index in [2.05, 4.69) is 10.2 Å². The minimum absolute atomic E-state index is 0.0691. The number of hydrogen-bond donors (Lipinski definition) is 2. The first-order chi connectivity index (χ1) is 14.4. The Morgan fingerprint density at radius 3 is 2.63 bits per heavy atom. The first-order valence-corrected chi connectivity index (χ1v) is 10.4. The fourth-order valence-corrected chi connectivity index (χ4v) is 3.91. The van der Waals surface area contributed by atoms with E-state index in [-0.39, 0.29) is 6.42 Å². The van der Waals surface area contributed by atoms with Gasteiger partial charge in [-0.1, -0.05) is 47.1 Å². The molecule has 0 bridgehead atoms. The van der Waals surface area contributed by atoms with Crippen molar-refractivity contribution >= 4 is 46.9 Å². The van der Waals surface area contributed by atoms with E-state index in [0.717, 1.165) is 5.56 Å². The van der Waals surface area contributed by atoms with Crippen LogP contribution in [0.5, 0.6) is 5.75 Å². The first-order valence-electron chi connectivity index (χ1n) is 8.66. The number of urea groups is 1. The third-order valence-corrected chi connectivity index (χ3v) is 5.32. The topological polar surface area (TPSA) is 112 Å². The summed E-state index contributed by atoms with van der Waals surface area (Å²) in [6.07, 6.45) is 0.0691. The summed E-state index contributed by atoms with van der Waals surface area (Å²) in [5, 5.41) is 12.2. The van der Waals surface area contributed by atoms with Gasteiger partial charge in [-0.25, -0.2) is 4.79 Å². The highest BCUT2D eigenvalue weighted by molar-refractivity contribution is 7.99. The maximum Gasteiger partial charge on any atom is 0.318 e. The number of amides is 3. The van der Waals surface area contributed by atoms with E-state index < -0.39 is 11.9 Å². The Kier molecular flexibility index (Phi) is 7.20. The first kappa shape index (κ1) is 21.9. The molecule has 8 nitrogen and oxygen atoms in total. The maximum atomic E-state index is 11.7. The van der Waals surface area contributed by atoms with Crippen molar-refractivity contribution in [2.24, 2.45) is 5.73 Å². The van der Waals surface area contributed by atoms with Crippen LogP contribution in [0, 0.1) is 0 Å². The molecule has 11 heteroatoms. The lowest BCUT2D eigenvalue weighted by Crippen LogP contribution is -2.35. The summed E-state index contributed by atoms with van der Waals surface area (Å²) in [6, 6.07) is 11.5. The molecule has 30 heavy (non-hydrogen) atoms. The number of rotatable bonds is 7. The zero-order chi connectivity index (χ0) is 21.7. The van der Waals surface area contributed by atoms with E-state index in [4.69, 9.17) is 33.7 Å². The Hall–Kier alpha value is -2.75. The van der Waals surface area contributed by atoms with Crippen LogP contribution in [0.4, 0.5) is 4.79 Å². The Morgan fingerprint density at radius 2 is 1.93 bits per heavy atom. The molecule has 0 radical (unpaired) electrons. The summed E-state index contributed by atoms with van der Waals surface area (Å²) in [5.41, 5.74) is 6.34. The van der Waals surface area contributed by atoms with Crippen LogP contribution in [0.1, 0.15) is 6.42 Å². The number of hydrogen-bond acceptors (Lipinski definition) is 6. The number of nitrogens with zero attached hydrogens (tertiary/aromatic N) is 3.